The highest BCUT2D eigenvalue weighted by Gasteiger charge is 2.36. The van der Waals surface area contributed by atoms with E-state index in [9.17, 15) is 0 Å². The molecule has 0 spiro atoms. The maximum Gasteiger partial charge on any atom is 0.0354 e. The van der Waals surface area contributed by atoms with Crippen LogP contribution in [0.2, 0.25) is 0 Å². The van der Waals surface area contributed by atoms with Crippen LogP contribution in [0.1, 0.15) is 43.0 Å². The monoisotopic (exact) mass is 209 g/mol. The van der Waals surface area contributed by atoms with E-state index in [1.807, 2.05) is 0 Å². The van der Waals surface area contributed by atoms with Gasteiger partial charge in [-0.2, -0.15) is 0 Å². The minimum atomic E-state index is 0. The molecule has 1 N–H and O–H groups in total. The molecule has 0 saturated carbocycles. The van der Waals surface area contributed by atoms with Crippen molar-refractivity contribution < 1.29 is 0 Å². The van der Waals surface area contributed by atoms with Crippen LogP contribution in [0.4, 0.5) is 0 Å². The van der Waals surface area contributed by atoms with Crippen molar-refractivity contribution in [3.05, 3.63) is 35.4 Å². The molecule has 1 saturated heterocycles. The van der Waals surface area contributed by atoms with E-state index in [0.717, 1.165) is 5.92 Å². The normalized spacial score (nSPS) is 33.4. The van der Waals surface area contributed by atoms with Gasteiger partial charge in [0.1, 0.15) is 0 Å². The Hall–Kier alpha value is -0.530. The van der Waals surface area contributed by atoms with Gasteiger partial charge in [-0.3, -0.25) is 0 Å². The number of hydrogen-bond donors (Lipinski definition) is 1. The zero-order valence-corrected chi connectivity index (χ0v) is 9.18. The second-order valence-electron chi connectivity index (χ2n) is 4.38. The Balaban J connectivity index is 0.000000750. The lowest BCUT2D eigenvalue weighted by Gasteiger charge is -2.27. The lowest BCUT2D eigenvalue weighted by molar-refractivity contribution is 0.281. The average Bonchev–Trinajstić information content (AvgIpc) is 2.48. The zero-order chi connectivity index (χ0) is 8.84. The first-order valence-electron chi connectivity index (χ1n) is 5.21. The summed E-state index contributed by atoms with van der Waals surface area (Å²) in [6.07, 6.45) is 2.69. The molecule has 2 heteroatoms. The van der Waals surface area contributed by atoms with Crippen molar-refractivity contribution in [1.82, 2.24) is 5.32 Å². The minimum Gasteiger partial charge on any atom is -0.303 e. The van der Waals surface area contributed by atoms with Crippen molar-refractivity contribution >= 4 is 12.4 Å². The Labute approximate surface area is 91.3 Å². The number of rotatable bonds is 0. The van der Waals surface area contributed by atoms with Crippen LogP contribution in [0.25, 0.3) is 0 Å². The van der Waals surface area contributed by atoms with Crippen LogP contribution >= 0.6 is 12.4 Å². The Bertz CT molecular complexity index is 337. The van der Waals surface area contributed by atoms with Crippen molar-refractivity contribution in [2.75, 3.05) is 0 Å². The molecule has 14 heavy (non-hydrogen) atoms. The van der Waals surface area contributed by atoms with Gasteiger partial charge in [-0.15, -0.1) is 12.4 Å². The fourth-order valence-corrected chi connectivity index (χ4v) is 2.81. The van der Waals surface area contributed by atoms with Crippen LogP contribution in [0.5, 0.6) is 0 Å². The summed E-state index contributed by atoms with van der Waals surface area (Å²) in [5.74, 6) is 0.805. The van der Waals surface area contributed by atoms with Gasteiger partial charge in [-0.05, 0) is 29.9 Å². The van der Waals surface area contributed by atoms with Crippen LogP contribution in [0.15, 0.2) is 24.3 Å². The summed E-state index contributed by atoms with van der Waals surface area (Å²) < 4.78 is 0. The van der Waals surface area contributed by atoms with Crippen molar-refractivity contribution in [2.24, 2.45) is 5.92 Å². The lowest BCUT2D eigenvalue weighted by atomic mass is 9.92. The average molecular weight is 210 g/mol. The third-order valence-electron chi connectivity index (χ3n) is 3.57. The molecule has 0 amide bonds. The lowest BCUT2D eigenvalue weighted by Crippen LogP contribution is -2.28. The van der Waals surface area contributed by atoms with E-state index in [2.05, 4.69) is 36.5 Å². The second kappa shape index (κ2) is 3.56. The molecule has 1 fully saturated rings. The molecule has 3 atom stereocenters. The molecule has 76 valence electrons. The molecule has 0 aromatic heterocycles. The second-order valence-corrected chi connectivity index (χ2v) is 4.38. The third kappa shape index (κ3) is 1.27. The molecule has 0 aliphatic carbocycles. The molecule has 1 aromatic rings. The van der Waals surface area contributed by atoms with Gasteiger partial charge >= 0.3 is 0 Å². The molecule has 2 aliphatic heterocycles. The predicted octanol–water partition coefficient (Wildman–Crippen LogP) is 3.22. The first-order valence-corrected chi connectivity index (χ1v) is 5.21. The fraction of sp³-hybridized carbons (Fsp3) is 0.500. The number of halogens is 1. The summed E-state index contributed by atoms with van der Waals surface area (Å²) in [6, 6.07) is 10.2. The van der Waals surface area contributed by atoms with Gasteiger partial charge in [0.2, 0.25) is 0 Å². The number of hydrogen-bond acceptors (Lipinski definition) is 1. The van der Waals surface area contributed by atoms with E-state index in [0.29, 0.717) is 12.1 Å². The topological polar surface area (TPSA) is 12.0 Å². The Kier molecular flexibility index (Phi) is 2.54. The summed E-state index contributed by atoms with van der Waals surface area (Å²) in [6.45, 7) is 2.36. The van der Waals surface area contributed by atoms with Crippen LogP contribution in [0, 0.1) is 5.92 Å². The standard InChI is InChI=1S/C12H15N.ClH/c1-8-6-7-11-9-4-2-3-5-10(9)12(8)13-11;/h2-5,8,11-13H,6-7H2,1H3;1H/t8-,11?,12?;/m0./s1. The van der Waals surface area contributed by atoms with E-state index < -0.39 is 0 Å². The van der Waals surface area contributed by atoms with Gasteiger partial charge in [0.15, 0.2) is 0 Å². The van der Waals surface area contributed by atoms with E-state index in [4.69, 9.17) is 0 Å². The maximum absolute atomic E-state index is 3.71. The maximum atomic E-state index is 3.71. The summed E-state index contributed by atoms with van der Waals surface area (Å²) in [5.41, 5.74) is 3.11. The highest BCUT2D eigenvalue weighted by Crippen LogP contribution is 2.45. The number of nitrogens with one attached hydrogen (secondary N) is 1. The molecule has 1 aromatic carbocycles. The molecule has 2 unspecified atom stereocenters. The van der Waals surface area contributed by atoms with Crippen LogP contribution in [-0.4, -0.2) is 0 Å². The summed E-state index contributed by atoms with van der Waals surface area (Å²) >= 11 is 0. The van der Waals surface area contributed by atoms with Crippen LogP contribution in [0.3, 0.4) is 0 Å². The molecular formula is C12H16ClN. The fourth-order valence-electron chi connectivity index (χ4n) is 2.81. The molecule has 0 radical (unpaired) electrons. The van der Waals surface area contributed by atoms with Gasteiger partial charge in [0.25, 0.3) is 0 Å². The highest BCUT2D eigenvalue weighted by atomic mass is 35.5. The van der Waals surface area contributed by atoms with Gasteiger partial charge in [-0.1, -0.05) is 31.2 Å². The molecular weight excluding hydrogens is 194 g/mol. The van der Waals surface area contributed by atoms with Gasteiger partial charge in [-0.25, -0.2) is 0 Å². The van der Waals surface area contributed by atoms with Gasteiger partial charge in [0.05, 0.1) is 0 Å². The summed E-state index contributed by atoms with van der Waals surface area (Å²) in [4.78, 5) is 0. The van der Waals surface area contributed by atoms with Crippen molar-refractivity contribution in [1.29, 1.82) is 0 Å². The number of piperidine rings is 1. The largest absolute Gasteiger partial charge is 0.303 e. The van der Waals surface area contributed by atoms with E-state index in [-0.39, 0.29) is 12.4 Å². The molecule has 1 nitrogen and oxygen atoms in total. The quantitative estimate of drug-likeness (QED) is 0.692. The molecule has 2 heterocycles. The summed E-state index contributed by atoms with van der Waals surface area (Å²) in [5, 5.41) is 3.71. The highest BCUT2D eigenvalue weighted by molar-refractivity contribution is 5.85. The first kappa shape index (κ1) is 10.0. The Morgan fingerprint density at radius 2 is 1.86 bits per heavy atom. The molecule has 2 bridgehead atoms. The molecule has 3 rings (SSSR count). The summed E-state index contributed by atoms with van der Waals surface area (Å²) in [7, 11) is 0. The molecule has 2 aliphatic rings. The van der Waals surface area contributed by atoms with Crippen molar-refractivity contribution in [2.45, 2.75) is 31.8 Å². The number of fused-ring (bicyclic) bond motifs is 5. The Morgan fingerprint density at radius 3 is 2.64 bits per heavy atom. The first-order chi connectivity index (χ1) is 6.36. The Morgan fingerprint density at radius 1 is 1.14 bits per heavy atom. The van der Waals surface area contributed by atoms with Gasteiger partial charge in [0, 0.05) is 12.1 Å². The van der Waals surface area contributed by atoms with E-state index in [1.165, 1.54) is 12.8 Å². The minimum absolute atomic E-state index is 0. The predicted molar refractivity (Wildman–Crippen MR) is 60.7 cm³/mol. The van der Waals surface area contributed by atoms with Gasteiger partial charge < -0.3 is 5.32 Å². The van der Waals surface area contributed by atoms with Crippen LogP contribution < -0.4 is 5.32 Å². The smallest absolute Gasteiger partial charge is 0.0354 e. The van der Waals surface area contributed by atoms with E-state index >= 15 is 0 Å². The zero-order valence-electron chi connectivity index (χ0n) is 8.36. The number of benzene rings is 1. The van der Waals surface area contributed by atoms with Crippen molar-refractivity contribution in [3.63, 3.8) is 0 Å². The van der Waals surface area contributed by atoms with E-state index in [1.54, 1.807) is 11.1 Å². The SMILES string of the molecule is C[C@H]1CCC2NC1c1ccccc12.Cl. The third-order valence-corrected chi connectivity index (χ3v) is 3.57. The van der Waals surface area contributed by atoms with Crippen molar-refractivity contribution in [3.8, 4) is 0 Å². The van der Waals surface area contributed by atoms with Crippen LogP contribution in [-0.2, 0) is 0 Å².